The number of methoxy groups -OCH3 is 1. The second-order valence-corrected chi connectivity index (χ2v) is 8.75. The summed E-state index contributed by atoms with van der Waals surface area (Å²) >= 11 is 6.08. The zero-order valence-corrected chi connectivity index (χ0v) is 20.6. The van der Waals surface area contributed by atoms with E-state index in [0.29, 0.717) is 31.9 Å². The third kappa shape index (κ3) is 5.59. The quantitative estimate of drug-likeness (QED) is 0.541. The van der Waals surface area contributed by atoms with Crippen LogP contribution in [0.25, 0.3) is 0 Å². The number of aromatic nitrogens is 2. The molecule has 2 aromatic carbocycles. The fourth-order valence-corrected chi connectivity index (χ4v) is 4.33. The largest absolute Gasteiger partial charge is 0.497 e. The van der Waals surface area contributed by atoms with Crippen LogP contribution in [0.3, 0.4) is 0 Å². The Kier molecular flexibility index (Phi) is 7.53. The number of aryl methyl sites for hydroxylation is 2. The minimum atomic E-state index is -0.109. The molecule has 2 heterocycles. The molecular weight excluding hydrogens is 450 g/mol. The van der Waals surface area contributed by atoms with Crippen LogP contribution in [0.2, 0.25) is 5.02 Å². The van der Waals surface area contributed by atoms with Crippen molar-refractivity contribution in [3.8, 4) is 5.75 Å². The third-order valence-electron chi connectivity index (χ3n) is 6.00. The summed E-state index contributed by atoms with van der Waals surface area (Å²) in [5.74, 6) is 2.44. The van der Waals surface area contributed by atoms with Gasteiger partial charge in [-0.1, -0.05) is 36.7 Å². The van der Waals surface area contributed by atoms with Gasteiger partial charge in [-0.05, 0) is 43.2 Å². The number of anilines is 2. The first kappa shape index (κ1) is 23.8. The lowest BCUT2D eigenvalue weighted by atomic mass is 10.0. The van der Waals surface area contributed by atoms with Crippen molar-refractivity contribution in [3.63, 3.8) is 0 Å². The molecule has 1 aromatic heterocycles. The van der Waals surface area contributed by atoms with Gasteiger partial charge in [0.25, 0.3) is 0 Å². The number of piperazine rings is 1. The van der Waals surface area contributed by atoms with Crippen molar-refractivity contribution in [2.75, 3.05) is 43.5 Å². The Morgan fingerprint density at radius 3 is 2.50 bits per heavy atom. The van der Waals surface area contributed by atoms with E-state index in [1.807, 2.05) is 60.4 Å². The van der Waals surface area contributed by atoms with Crippen LogP contribution in [-0.4, -0.2) is 54.2 Å². The minimum Gasteiger partial charge on any atom is -0.497 e. The van der Waals surface area contributed by atoms with Gasteiger partial charge in [0.15, 0.2) is 0 Å². The van der Waals surface area contributed by atoms with Crippen LogP contribution in [-0.2, 0) is 12.8 Å². The SMILES string of the molecule is CCc1nc(C)nc(N2CCN(C(=O)Nc3cccc(OC)c3)CC2)c1Cc1ccc(Cl)cc1. The highest BCUT2D eigenvalue weighted by atomic mass is 35.5. The average molecular weight is 480 g/mol. The van der Waals surface area contributed by atoms with Gasteiger partial charge >= 0.3 is 6.03 Å². The van der Waals surface area contributed by atoms with E-state index in [0.717, 1.165) is 46.5 Å². The summed E-state index contributed by atoms with van der Waals surface area (Å²) in [7, 11) is 1.61. The van der Waals surface area contributed by atoms with Crippen molar-refractivity contribution in [2.45, 2.75) is 26.7 Å². The van der Waals surface area contributed by atoms with E-state index >= 15 is 0 Å². The number of carbonyl (C=O) groups is 1. The molecule has 4 rings (SSSR count). The number of nitrogens with one attached hydrogen (secondary N) is 1. The number of nitrogens with zero attached hydrogens (tertiary/aromatic N) is 4. The first-order valence-electron chi connectivity index (χ1n) is 11.5. The van der Waals surface area contributed by atoms with Crippen LogP contribution in [0.15, 0.2) is 48.5 Å². The van der Waals surface area contributed by atoms with E-state index < -0.39 is 0 Å². The van der Waals surface area contributed by atoms with E-state index in [9.17, 15) is 4.79 Å². The maximum atomic E-state index is 12.8. The normalized spacial score (nSPS) is 13.6. The maximum Gasteiger partial charge on any atom is 0.321 e. The molecule has 0 spiro atoms. The Bertz CT molecular complexity index is 1140. The summed E-state index contributed by atoms with van der Waals surface area (Å²) < 4.78 is 5.24. The van der Waals surface area contributed by atoms with Gasteiger partial charge in [-0.3, -0.25) is 0 Å². The summed E-state index contributed by atoms with van der Waals surface area (Å²) in [4.78, 5) is 26.5. The number of rotatable bonds is 6. The van der Waals surface area contributed by atoms with Crippen molar-refractivity contribution in [1.82, 2.24) is 14.9 Å². The lowest BCUT2D eigenvalue weighted by Crippen LogP contribution is -2.50. The minimum absolute atomic E-state index is 0.109. The standard InChI is InChI=1S/C26H30ClN5O2/c1-4-24-23(16-19-8-10-20(27)11-9-19)25(29-18(2)28-24)31-12-14-32(15-13-31)26(33)30-21-6-5-7-22(17-21)34-3/h5-11,17H,4,12-16H2,1-3H3,(H,30,33). The molecule has 178 valence electrons. The highest BCUT2D eigenvalue weighted by Crippen LogP contribution is 2.27. The molecule has 7 nitrogen and oxygen atoms in total. The molecule has 1 saturated heterocycles. The molecule has 1 aliphatic heterocycles. The molecule has 0 bridgehead atoms. The zero-order chi connectivity index (χ0) is 24.1. The van der Waals surface area contributed by atoms with E-state index in [1.54, 1.807) is 7.11 Å². The van der Waals surface area contributed by atoms with Crippen molar-refractivity contribution < 1.29 is 9.53 Å². The van der Waals surface area contributed by atoms with E-state index in [2.05, 4.69) is 17.1 Å². The summed E-state index contributed by atoms with van der Waals surface area (Å²) in [6, 6.07) is 15.2. The number of amides is 2. The molecule has 1 aliphatic rings. The second kappa shape index (κ2) is 10.7. The number of hydrogen-bond donors (Lipinski definition) is 1. The maximum absolute atomic E-state index is 12.8. The fraction of sp³-hybridized carbons (Fsp3) is 0.346. The van der Waals surface area contributed by atoms with Crippen LogP contribution in [0, 0.1) is 6.92 Å². The number of benzene rings is 2. The van der Waals surface area contributed by atoms with E-state index in [1.165, 1.54) is 5.56 Å². The molecule has 0 aliphatic carbocycles. The predicted molar refractivity (Wildman–Crippen MR) is 136 cm³/mol. The predicted octanol–water partition coefficient (Wildman–Crippen LogP) is 4.95. The van der Waals surface area contributed by atoms with Crippen LogP contribution < -0.4 is 15.0 Å². The topological polar surface area (TPSA) is 70.6 Å². The molecule has 1 N–H and O–H groups in total. The van der Waals surface area contributed by atoms with Crippen molar-refractivity contribution >= 4 is 29.1 Å². The Morgan fingerprint density at radius 1 is 1.09 bits per heavy atom. The highest BCUT2D eigenvalue weighted by Gasteiger charge is 2.25. The summed E-state index contributed by atoms with van der Waals surface area (Å²) in [6.45, 7) is 6.70. The molecule has 0 atom stereocenters. The lowest BCUT2D eigenvalue weighted by molar-refractivity contribution is 0.208. The summed E-state index contributed by atoms with van der Waals surface area (Å²) in [5.41, 5.74) is 4.10. The fourth-order valence-electron chi connectivity index (χ4n) is 4.20. The summed E-state index contributed by atoms with van der Waals surface area (Å²) in [6.07, 6.45) is 1.58. The van der Waals surface area contributed by atoms with Gasteiger partial charge in [-0.2, -0.15) is 0 Å². The van der Waals surface area contributed by atoms with Crippen LogP contribution >= 0.6 is 11.6 Å². The van der Waals surface area contributed by atoms with Gasteiger partial charge < -0.3 is 19.9 Å². The monoisotopic (exact) mass is 479 g/mol. The Hall–Kier alpha value is -3.32. The van der Waals surface area contributed by atoms with Gasteiger partial charge in [0.05, 0.1) is 7.11 Å². The first-order chi connectivity index (χ1) is 16.5. The van der Waals surface area contributed by atoms with E-state index in [4.69, 9.17) is 26.3 Å². The molecular formula is C26H30ClN5O2. The Morgan fingerprint density at radius 2 is 1.82 bits per heavy atom. The molecule has 2 amide bonds. The highest BCUT2D eigenvalue weighted by molar-refractivity contribution is 6.30. The Balaban J connectivity index is 1.48. The van der Waals surface area contributed by atoms with Gasteiger partial charge in [0.1, 0.15) is 17.4 Å². The first-order valence-corrected chi connectivity index (χ1v) is 11.9. The van der Waals surface area contributed by atoms with Crippen LogP contribution in [0.5, 0.6) is 5.75 Å². The smallest absolute Gasteiger partial charge is 0.321 e. The Labute approximate surface area is 205 Å². The summed E-state index contributed by atoms with van der Waals surface area (Å²) in [5, 5.41) is 3.69. The van der Waals surface area contributed by atoms with Crippen LogP contribution in [0.1, 0.15) is 29.6 Å². The second-order valence-electron chi connectivity index (χ2n) is 8.31. The molecule has 3 aromatic rings. The molecule has 0 radical (unpaired) electrons. The van der Waals surface area contributed by atoms with E-state index in [-0.39, 0.29) is 6.03 Å². The van der Waals surface area contributed by atoms with Gasteiger partial charge in [-0.15, -0.1) is 0 Å². The zero-order valence-electron chi connectivity index (χ0n) is 19.8. The molecule has 0 unspecified atom stereocenters. The molecule has 0 saturated carbocycles. The lowest BCUT2D eigenvalue weighted by Gasteiger charge is -2.36. The molecule has 8 heteroatoms. The van der Waals surface area contributed by atoms with Gasteiger partial charge in [0, 0.05) is 60.6 Å². The van der Waals surface area contributed by atoms with Gasteiger partial charge in [0.2, 0.25) is 0 Å². The van der Waals surface area contributed by atoms with Crippen molar-refractivity contribution in [1.29, 1.82) is 0 Å². The molecule has 1 fully saturated rings. The number of urea groups is 1. The van der Waals surface area contributed by atoms with Crippen molar-refractivity contribution in [2.24, 2.45) is 0 Å². The van der Waals surface area contributed by atoms with Crippen LogP contribution in [0.4, 0.5) is 16.3 Å². The molecule has 34 heavy (non-hydrogen) atoms. The number of carbonyl (C=O) groups excluding carboxylic acids is 1. The number of ether oxygens (including phenoxy) is 1. The number of halogens is 1. The van der Waals surface area contributed by atoms with Crippen molar-refractivity contribution in [3.05, 3.63) is 76.2 Å². The number of hydrogen-bond acceptors (Lipinski definition) is 5. The third-order valence-corrected chi connectivity index (χ3v) is 6.25. The van der Waals surface area contributed by atoms with Gasteiger partial charge in [-0.25, -0.2) is 14.8 Å². The average Bonchev–Trinajstić information content (AvgIpc) is 2.86.